The number of nitrogens with zero attached hydrogens (tertiary/aromatic N) is 3. The van der Waals surface area contributed by atoms with Crippen LogP contribution in [0.1, 0.15) is 30.1 Å². The van der Waals surface area contributed by atoms with Gasteiger partial charge in [0.2, 0.25) is 11.8 Å². The van der Waals surface area contributed by atoms with E-state index < -0.39 is 0 Å². The van der Waals surface area contributed by atoms with E-state index in [1.807, 2.05) is 11.0 Å². The Balaban J connectivity index is 1.65. The predicted molar refractivity (Wildman–Crippen MR) is 97.4 cm³/mol. The average molecular weight is 351 g/mol. The quantitative estimate of drug-likeness (QED) is 0.834. The number of benzene rings is 1. The first-order valence-electron chi connectivity index (χ1n) is 8.95. The third kappa shape index (κ3) is 3.03. The van der Waals surface area contributed by atoms with Crippen molar-refractivity contribution in [2.45, 2.75) is 19.8 Å². The fraction of sp³-hybridized carbons (Fsp3) is 0.350. The minimum atomic E-state index is -0.244. The Morgan fingerprint density at radius 3 is 2.77 bits per heavy atom. The Morgan fingerprint density at radius 2 is 1.96 bits per heavy atom. The molecular formula is C20H21N3O3. The number of rotatable bonds is 2. The monoisotopic (exact) mass is 351 g/mol. The van der Waals surface area contributed by atoms with E-state index in [1.54, 1.807) is 36.5 Å². The summed E-state index contributed by atoms with van der Waals surface area (Å²) in [5.74, 6) is 1.15. The number of ether oxygens (including phenoxy) is 1. The number of hydrogen-bond donors (Lipinski definition) is 0. The predicted octanol–water partition coefficient (Wildman–Crippen LogP) is 3.09. The van der Waals surface area contributed by atoms with Crippen LogP contribution < -0.4 is 9.64 Å². The lowest BCUT2D eigenvalue weighted by Crippen LogP contribution is -2.45. The maximum absolute atomic E-state index is 13.1. The molecule has 0 bridgehead atoms. The minimum Gasteiger partial charge on any atom is -0.436 e. The molecule has 0 aliphatic carbocycles. The maximum Gasteiger partial charge on any atom is 0.262 e. The maximum atomic E-state index is 13.1. The van der Waals surface area contributed by atoms with Crippen molar-refractivity contribution < 1.29 is 14.3 Å². The topological polar surface area (TPSA) is 62.7 Å². The SMILES string of the molecule is CC1CCN(C(=O)CN2C(=O)c3ccccc3Oc3ncccc32)CC1. The zero-order chi connectivity index (χ0) is 18.1. The molecule has 6 nitrogen and oxygen atoms in total. The minimum absolute atomic E-state index is 0.0103. The van der Waals surface area contributed by atoms with Crippen molar-refractivity contribution in [3.8, 4) is 11.6 Å². The summed E-state index contributed by atoms with van der Waals surface area (Å²) in [5, 5.41) is 0. The van der Waals surface area contributed by atoms with E-state index in [-0.39, 0.29) is 18.4 Å². The van der Waals surface area contributed by atoms with Gasteiger partial charge in [-0.15, -0.1) is 0 Å². The Bertz CT molecular complexity index is 844. The van der Waals surface area contributed by atoms with Crippen LogP contribution in [0.4, 0.5) is 5.69 Å². The van der Waals surface area contributed by atoms with E-state index in [9.17, 15) is 9.59 Å². The molecular weight excluding hydrogens is 330 g/mol. The lowest BCUT2D eigenvalue weighted by atomic mass is 9.99. The fourth-order valence-electron chi connectivity index (χ4n) is 3.41. The molecule has 4 rings (SSSR count). The van der Waals surface area contributed by atoms with Crippen LogP contribution in [0, 0.1) is 5.92 Å². The lowest BCUT2D eigenvalue weighted by Gasteiger charge is -2.32. The molecule has 0 spiro atoms. The third-order valence-corrected chi connectivity index (χ3v) is 5.04. The van der Waals surface area contributed by atoms with Crippen molar-refractivity contribution >= 4 is 17.5 Å². The molecule has 2 aromatic rings. The van der Waals surface area contributed by atoms with E-state index in [2.05, 4.69) is 11.9 Å². The van der Waals surface area contributed by atoms with Crippen LogP contribution in [0.25, 0.3) is 0 Å². The Labute approximate surface area is 152 Å². The summed E-state index contributed by atoms with van der Waals surface area (Å²) in [6.45, 7) is 3.68. The summed E-state index contributed by atoms with van der Waals surface area (Å²) < 4.78 is 5.85. The second kappa shape index (κ2) is 6.78. The first-order chi connectivity index (χ1) is 12.6. The van der Waals surface area contributed by atoms with Gasteiger partial charge in [0.05, 0.1) is 5.56 Å². The molecule has 0 N–H and O–H groups in total. The molecule has 2 amide bonds. The summed E-state index contributed by atoms with van der Waals surface area (Å²) in [5.41, 5.74) is 0.956. The molecule has 0 atom stereocenters. The summed E-state index contributed by atoms with van der Waals surface area (Å²) in [6, 6.07) is 10.6. The molecule has 1 aromatic carbocycles. The lowest BCUT2D eigenvalue weighted by molar-refractivity contribution is -0.130. The van der Waals surface area contributed by atoms with Gasteiger partial charge in [-0.2, -0.15) is 0 Å². The molecule has 2 aliphatic rings. The number of anilines is 1. The van der Waals surface area contributed by atoms with Crippen LogP contribution in [0.2, 0.25) is 0 Å². The Kier molecular flexibility index (Phi) is 4.32. The van der Waals surface area contributed by atoms with Crippen LogP contribution in [-0.2, 0) is 4.79 Å². The van der Waals surface area contributed by atoms with E-state index in [0.29, 0.717) is 28.8 Å². The molecule has 1 fully saturated rings. The highest BCUT2D eigenvalue weighted by Crippen LogP contribution is 2.37. The number of amides is 2. The van der Waals surface area contributed by atoms with Crippen molar-refractivity contribution in [2.24, 2.45) is 5.92 Å². The molecule has 3 heterocycles. The van der Waals surface area contributed by atoms with Gasteiger partial charge in [-0.25, -0.2) is 4.98 Å². The smallest absolute Gasteiger partial charge is 0.262 e. The third-order valence-electron chi connectivity index (χ3n) is 5.04. The Morgan fingerprint density at radius 1 is 1.19 bits per heavy atom. The van der Waals surface area contributed by atoms with Crippen molar-refractivity contribution in [2.75, 3.05) is 24.5 Å². The van der Waals surface area contributed by atoms with Crippen LogP contribution in [0.5, 0.6) is 11.6 Å². The highest BCUT2D eigenvalue weighted by molar-refractivity contribution is 6.11. The summed E-state index contributed by atoms with van der Waals surface area (Å²) in [7, 11) is 0. The largest absolute Gasteiger partial charge is 0.436 e. The number of pyridine rings is 1. The molecule has 2 aliphatic heterocycles. The summed E-state index contributed by atoms with van der Waals surface area (Å²) in [4.78, 5) is 33.5. The highest BCUT2D eigenvalue weighted by Gasteiger charge is 2.31. The number of para-hydroxylation sites is 1. The number of fused-ring (bicyclic) bond motifs is 2. The molecule has 0 saturated carbocycles. The molecule has 26 heavy (non-hydrogen) atoms. The molecule has 6 heteroatoms. The molecule has 1 aromatic heterocycles. The molecule has 0 radical (unpaired) electrons. The van der Waals surface area contributed by atoms with Gasteiger partial charge < -0.3 is 9.64 Å². The fourth-order valence-corrected chi connectivity index (χ4v) is 3.41. The second-order valence-corrected chi connectivity index (χ2v) is 6.88. The van der Waals surface area contributed by atoms with Crippen molar-refractivity contribution in [3.63, 3.8) is 0 Å². The van der Waals surface area contributed by atoms with Gasteiger partial charge in [-0.3, -0.25) is 14.5 Å². The van der Waals surface area contributed by atoms with Crippen LogP contribution in [0.15, 0.2) is 42.6 Å². The van der Waals surface area contributed by atoms with E-state index in [0.717, 1.165) is 25.9 Å². The standard InChI is InChI=1S/C20H21N3O3/c1-14-8-11-22(12-9-14)18(24)13-23-16-6-4-10-21-19(16)26-17-7-3-2-5-15(17)20(23)25/h2-7,10,14H,8-9,11-13H2,1H3. The van der Waals surface area contributed by atoms with Crippen LogP contribution in [0.3, 0.4) is 0 Å². The van der Waals surface area contributed by atoms with Crippen molar-refractivity contribution in [1.29, 1.82) is 0 Å². The zero-order valence-corrected chi connectivity index (χ0v) is 14.7. The van der Waals surface area contributed by atoms with Crippen molar-refractivity contribution in [3.05, 3.63) is 48.2 Å². The Hall–Kier alpha value is -2.89. The second-order valence-electron chi connectivity index (χ2n) is 6.88. The first-order valence-corrected chi connectivity index (χ1v) is 8.95. The van der Waals surface area contributed by atoms with Gasteiger partial charge in [-0.05, 0) is 43.0 Å². The molecule has 0 unspecified atom stereocenters. The van der Waals surface area contributed by atoms with Gasteiger partial charge in [0.1, 0.15) is 18.0 Å². The van der Waals surface area contributed by atoms with Gasteiger partial charge >= 0.3 is 0 Å². The number of carbonyl (C=O) groups excluding carboxylic acids is 2. The molecule has 134 valence electrons. The molecule has 1 saturated heterocycles. The first kappa shape index (κ1) is 16.6. The number of hydrogen-bond acceptors (Lipinski definition) is 4. The summed E-state index contributed by atoms with van der Waals surface area (Å²) in [6.07, 6.45) is 3.62. The van der Waals surface area contributed by atoms with Gasteiger partial charge in [-0.1, -0.05) is 19.1 Å². The average Bonchev–Trinajstić information content (AvgIpc) is 2.78. The van der Waals surface area contributed by atoms with Crippen LogP contribution >= 0.6 is 0 Å². The number of aromatic nitrogens is 1. The van der Waals surface area contributed by atoms with E-state index in [1.165, 1.54) is 4.90 Å². The van der Waals surface area contributed by atoms with Crippen LogP contribution in [-0.4, -0.2) is 41.3 Å². The van der Waals surface area contributed by atoms with Gasteiger partial charge in [0, 0.05) is 19.3 Å². The number of carbonyl (C=O) groups is 2. The van der Waals surface area contributed by atoms with E-state index in [4.69, 9.17) is 4.74 Å². The number of piperidine rings is 1. The summed E-state index contributed by atoms with van der Waals surface area (Å²) >= 11 is 0. The van der Waals surface area contributed by atoms with Gasteiger partial charge in [0.15, 0.2) is 0 Å². The highest BCUT2D eigenvalue weighted by atomic mass is 16.5. The van der Waals surface area contributed by atoms with Crippen molar-refractivity contribution in [1.82, 2.24) is 9.88 Å². The normalized spacial score (nSPS) is 17.2. The zero-order valence-electron chi connectivity index (χ0n) is 14.7. The van der Waals surface area contributed by atoms with Gasteiger partial charge in [0.25, 0.3) is 5.91 Å². The number of likely N-dealkylation sites (tertiary alicyclic amines) is 1. The van der Waals surface area contributed by atoms with E-state index >= 15 is 0 Å².